The van der Waals surface area contributed by atoms with Crippen molar-refractivity contribution in [3.05, 3.63) is 36.2 Å². The third-order valence-corrected chi connectivity index (χ3v) is 3.03. The highest BCUT2D eigenvalue weighted by atomic mass is 16.1. The van der Waals surface area contributed by atoms with Gasteiger partial charge in [0, 0.05) is 12.1 Å². The highest BCUT2D eigenvalue weighted by Gasteiger charge is 2.14. The predicted octanol–water partition coefficient (Wildman–Crippen LogP) is 3.12. The zero-order chi connectivity index (χ0) is 11.4. The quantitative estimate of drug-likeness (QED) is 0.770. The van der Waals surface area contributed by atoms with Crippen molar-refractivity contribution in [1.29, 1.82) is 0 Å². The lowest BCUT2D eigenvalue weighted by Crippen LogP contribution is -2.18. The minimum atomic E-state index is 0.136. The molecule has 16 heavy (non-hydrogen) atoms. The number of aryl methyl sites for hydroxylation is 2. The summed E-state index contributed by atoms with van der Waals surface area (Å²) >= 11 is 0. The highest BCUT2D eigenvalue weighted by molar-refractivity contribution is 5.93. The van der Waals surface area contributed by atoms with Crippen LogP contribution in [0.1, 0.15) is 36.8 Å². The van der Waals surface area contributed by atoms with Crippen LogP contribution in [0.3, 0.4) is 0 Å². The van der Waals surface area contributed by atoms with E-state index in [0.717, 1.165) is 24.9 Å². The number of benzene rings is 1. The Labute approximate surface area is 97.1 Å². The number of anilines is 1. The van der Waals surface area contributed by atoms with Crippen molar-refractivity contribution >= 4 is 11.6 Å². The fourth-order valence-electron chi connectivity index (χ4n) is 2.10. The molecule has 2 rings (SSSR count). The lowest BCUT2D eigenvalue weighted by atomic mass is 9.98. The molecule has 85 valence electrons. The zero-order valence-electron chi connectivity index (χ0n) is 9.59. The number of nitrogens with one attached hydrogen (secondary N) is 1. The summed E-state index contributed by atoms with van der Waals surface area (Å²) in [4.78, 5) is 11.2. The summed E-state index contributed by atoms with van der Waals surface area (Å²) in [5.41, 5.74) is 3.66. The van der Waals surface area contributed by atoms with E-state index >= 15 is 0 Å². The molecule has 0 spiro atoms. The van der Waals surface area contributed by atoms with Crippen molar-refractivity contribution in [2.75, 3.05) is 5.32 Å². The molecule has 1 aromatic rings. The van der Waals surface area contributed by atoms with Gasteiger partial charge in [0.2, 0.25) is 5.91 Å². The maximum Gasteiger partial charge on any atom is 0.224 e. The molecular weight excluding hydrogens is 198 g/mol. The van der Waals surface area contributed by atoms with Crippen molar-refractivity contribution in [2.45, 2.75) is 38.5 Å². The second kappa shape index (κ2) is 5.15. The van der Waals surface area contributed by atoms with Crippen LogP contribution in [-0.2, 0) is 17.6 Å². The van der Waals surface area contributed by atoms with Crippen molar-refractivity contribution in [1.82, 2.24) is 0 Å². The van der Waals surface area contributed by atoms with Crippen LogP contribution in [0.15, 0.2) is 18.2 Å². The number of fused-ring (bicyclic) bond motifs is 1. The van der Waals surface area contributed by atoms with Crippen LogP contribution >= 0.6 is 0 Å². The van der Waals surface area contributed by atoms with Gasteiger partial charge in [-0.3, -0.25) is 4.79 Å². The van der Waals surface area contributed by atoms with E-state index in [-0.39, 0.29) is 5.91 Å². The van der Waals surface area contributed by atoms with E-state index in [1.807, 2.05) is 6.07 Å². The molecule has 2 heteroatoms. The Morgan fingerprint density at radius 3 is 2.94 bits per heavy atom. The van der Waals surface area contributed by atoms with Crippen molar-refractivity contribution in [3.63, 3.8) is 0 Å². The van der Waals surface area contributed by atoms with Crippen LogP contribution in [0.25, 0.3) is 0 Å². The summed E-state index contributed by atoms with van der Waals surface area (Å²) in [7, 11) is 0. The van der Waals surface area contributed by atoms with Gasteiger partial charge in [0.25, 0.3) is 0 Å². The molecule has 1 aromatic carbocycles. The molecule has 1 amide bonds. The number of carbonyl (C=O) groups is 1. The molecule has 0 unspecified atom stereocenters. The Kier molecular flexibility index (Phi) is 3.60. The van der Waals surface area contributed by atoms with E-state index < -0.39 is 0 Å². The molecular formula is C14H18NO. The number of unbranched alkanes of at least 4 members (excludes halogenated alkanes) is 2. The van der Waals surface area contributed by atoms with Gasteiger partial charge in [0.15, 0.2) is 0 Å². The molecule has 1 N–H and O–H groups in total. The van der Waals surface area contributed by atoms with E-state index in [4.69, 9.17) is 0 Å². The van der Waals surface area contributed by atoms with Crippen LogP contribution in [0.2, 0.25) is 0 Å². The number of carbonyl (C=O) groups excluding carboxylic acids is 1. The predicted molar refractivity (Wildman–Crippen MR) is 66.3 cm³/mol. The summed E-state index contributed by atoms with van der Waals surface area (Å²) < 4.78 is 0. The Morgan fingerprint density at radius 1 is 1.25 bits per heavy atom. The van der Waals surface area contributed by atoms with E-state index in [0.29, 0.717) is 6.42 Å². The standard InChI is InChI=1S/C14H18NO/c1-2-3-4-5-11-6-8-13-12(10-11)7-9-14(16)15-13/h6,8,10H,1-5,7,9H2,(H,15,16). The molecule has 0 fully saturated rings. The van der Waals surface area contributed by atoms with Gasteiger partial charge in [-0.1, -0.05) is 31.9 Å². The van der Waals surface area contributed by atoms with Crippen LogP contribution in [-0.4, -0.2) is 5.91 Å². The van der Waals surface area contributed by atoms with Crippen molar-refractivity contribution in [3.8, 4) is 0 Å². The Morgan fingerprint density at radius 2 is 2.12 bits per heavy atom. The zero-order valence-corrected chi connectivity index (χ0v) is 9.59. The van der Waals surface area contributed by atoms with Crippen LogP contribution in [0.5, 0.6) is 0 Å². The minimum absolute atomic E-state index is 0.136. The van der Waals surface area contributed by atoms with Crippen molar-refractivity contribution in [2.24, 2.45) is 0 Å². The average molecular weight is 216 g/mol. The monoisotopic (exact) mass is 216 g/mol. The first-order valence-electron chi connectivity index (χ1n) is 6.00. The van der Waals surface area contributed by atoms with Gasteiger partial charge in [0.05, 0.1) is 0 Å². The Bertz CT molecular complexity index is 384. The number of rotatable bonds is 4. The summed E-state index contributed by atoms with van der Waals surface area (Å²) in [6.07, 6.45) is 6.03. The van der Waals surface area contributed by atoms with Gasteiger partial charge in [-0.25, -0.2) is 0 Å². The topological polar surface area (TPSA) is 29.1 Å². The lowest BCUT2D eigenvalue weighted by molar-refractivity contribution is -0.116. The molecule has 0 atom stereocenters. The third-order valence-electron chi connectivity index (χ3n) is 3.03. The van der Waals surface area contributed by atoms with Crippen molar-refractivity contribution < 1.29 is 4.79 Å². The second-order valence-electron chi connectivity index (χ2n) is 4.35. The first-order valence-corrected chi connectivity index (χ1v) is 6.00. The number of amides is 1. The van der Waals surface area contributed by atoms with Gasteiger partial charge in [0.1, 0.15) is 0 Å². The number of hydrogen-bond donors (Lipinski definition) is 1. The normalized spacial score (nSPS) is 14.4. The van der Waals surface area contributed by atoms with Gasteiger partial charge >= 0.3 is 0 Å². The maximum absolute atomic E-state index is 11.2. The molecule has 0 saturated carbocycles. The molecule has 1 aliphatic heterocycles. The van der Waals surface area contributed by atoms with Gasteiger partial charge in [-0.15, -0.1) is 0 Å². The van der Waals surface area contributed by atoms with E-state index in [9.17, 15) is 4.79 Å². The third kappa shape index (κ3) is 2.63. The molecule has 0 aromatic heterocycles. The fraction of sp³-hybridized carbons (Fsp3) is 0.429. The van der Waals surface area contributed by atoms with E-state index in [1.54, 1.807) is 0 Å². The Balaban J connectivity index is 2.04. The fourth-order valence-corrected chi connectivity index (χ4v) is 2.10. The van der Waals surface area contributed by atoms with Crippen LogP contribution in [0.4, 0.5) is 5.69 Å². The van der Waals surface area contributed by atoms with E-state index in [1.165, 1.54) is 24.0 Å². The molecule has 0 saturated heterocycles. The number of hydrogen-bond acceptors (Lipinski definition) is 1. The smallest absolute Gasteiger partial charge is 0.224 e. The maximum atomic E-state index is 11.2. The summed E-state index contributed by atoms with van der Waals surface area (Å²) in [6.45, 7) is 3.85. The summed E-state index contributed by atoms with van der Waals surface area (Å²) in [5.74, 6) is 0.136. The first-order chi connectivity index (χ1) is 7.79. The molecule has 1 heterocycles. The summed E-state index contributed by atoms with van der Waals surface area (Å²) in [5, 5.41) is 2.91. The SMILES string of the molecule is [CH2]CCCCc1ccc2c(c1)CCC(=O)N2. The van der Waals surface area contributed by atoms with Gasteiger partial charge in [-0.2, -0.15) is 0 Å². The average Bonchev–Trinajstić information content (AvgIpc) is 2.29. The molecule has 0 aliphatic carbocycles. The van der Waals surface area contributed by atoms with Gasteiger partial charge < -0.3 is 5.32 Å². The highest BCUT2D eigenvalue weighted by Crippen LogP contribution is 2.24. The van der Waals surface area contributed by atoms with Crippen LogP contribution in [0, 0.1) is 6.92 Å². The minimum Gasteiger partial charge on any atom is -0.326 e. The van der Waals surface area contributed by atoms with Gasteiger partial charge in [-0.05, 0) is 36.5 Å². The lowest BCUT2D eigenvalue weighted by Gasteiger charge is -2.17. The summed E-state index contributed by atoms with van der Waals surface area (Å²) in [6, 6.07) is 6.39. The molecule has 0 bridgehead atoms. The first kappa shape index (κ1) is 11.2. The molecule has 1 radical (unpaired) electrons. The largest absolute Gasteiger partial charge is 0.326 e. The molecule has 1 aliphatic rings. The van der Waals surface area contributed by atoms with E-state index in [2.05, 4.69) is 24.4 Å². The molecule has 2 nitrogen and oxygen atoms in total. The Hall–Kier alpha value is -1.31. The second-order valence-corrected chi connectivity index (χ2v) is 4.35. The van der Waals surface area contributed by atoms with Crippen LogP contribution < -0.4 is 5.32 Å².